The molecule has 1 saturated heterocycles. The van der Waals surface area contributed by atoms with Crippen molar-refractivity contribution in [3.63, 3.8) is 0 Å². The number of nitrogens with zero attached hydrogens (tertiary/aromatic N) is 1. The van der Waals surface area contributed by atoms with Crippen molar-refractivity contribution < 1.29 is 9.59 Å². The summed E-state index contributed by atoms with van der Waals surface area (Å²) in [6.45, 7) is 4.91. The van der Waals surface area contributed by atoms with Crippen molar-refractivity contribution in [1.82, 2.24) is 10.2 Å². The molecule has 0 bridgehead atoms. The number of hydrogen-bond acceptors (Lipinski definition) is 2. The molecule has 2 aromatic carbocycles. The number of likely N-dealkylation sites (tertiary alicyclic amines) is 1. The van der Waals surface area contributed by atoms with Crippen molar-refractivity contribution in [2.24, 2.45) is 34.5 Å². The van der Waals surface area contributed by atoms with Crippen LogP contribution in [0.25, 0.3) is 0 Å². The first-order valence-corrected chi connectivity index (χ1v) is 15.0. The fourth-order valence-electron chi connectivity index (χ4n) is 9.64. The van der Waals surface area contributed by atoms with Gasteiger partial charge in [-0.3, -0.25) is 9.59 Å². The van der Waals surface area contributed by atoms with Gasteiger partial charge in [0, 0.05) is 25.4 Å². The Morgan fingerprint density at radius 1 is 0.895 bits per heavy atom. The number of nitrogens with one attached hydrogen (secondary N) is 1. The average molecular weight is 513 g/mol. The molecule has 202 valence electrons. The second-order valence-corrected chi connectivity index (χ2v) is 13.3. The van der Waals surface area contributed by atoms with Gasteiger partial charge in [-0.05, 0) is 91.1 Å². The van der Waals surface area contributed by atoms with E-state index in [0.717, 1.165) is 32.1 Å². The first-order chi connectivity index (χ1) is 18.3. The van der Waals surface area contributed by atoms with Crippen LogP contribution in [0.3, 0.4) is 0 Å². The maximum absolute atomic E-state index is 14.1. The number of piperidine rings is 1. The molecule has 0 radical (unpaired) electrons. The number of carbonyl (C=O) groups is 2. The lowest BCUT2D eigenvalue weighted by molar-refractivity contribution is -0.159. The fraction of sp³-hybridized carbons (Fsp3) is 0.588. The molecule has 2 aromatic rings. The van der Waals surface area contributed by atoms with Crippen LogP contribution in [0.4, 0.5) is 0 Å². The van der Waals surface area contributed by atoms with E-state index in [-0.39, 0.29) is 28.7 Å². The van der Waals surface area contributed by atoms with Crippen molar-refractivity contribution in [3.05, 3.63) is 71.8 Å². The molecule has 1 heterocycles. The van der Waals surface area contributed by atoms with Gasteiger partial charge in [-0.15, -0.1) is 0 Å². The summed E-state index contributed by atoms with van der Waals surface area (Å²) in [5.41, 5.74) is 2.72. The number of carbonyl (C=O) groups excluding carboxylic acids is 2. The van der Waals surface area contributed by atoms with E-state index < -0.39 is 0 Å². The van der Waals surface area contributed by atoms with Crippen molar-refractivity contribution in [2.45, 2.75) is 83.7 Å². The number of amides is 2. The lowest BCUT2D eigenvalue weighted by Crippen LogP contribution is -2.61. The number of rotatable bonds is 5. The minimum absolute atomic E-state index is 0.0187. The van der Waals surface area contributed by atoms with Crippen LogP contribution >= 0.6 is 0 Å². The molecule has 1 N–H and O–H groups in total. The average Bonchev–Trinajstić information content (AvgIpc) is 3.29. The predicted molar refractivity (Wildman–Crippen MR) is 151 cm³/mol. The number of benzene rings is 2. The molecule has 38 heavy (non-hydrogen) atoms. The maximum atomic E-state index is 14.1. The van der Waals surface area contributed by atoms with E-state index >= 15 is 0 Å². The van der Waals surface area contributed by atoms with Crippen molar-refractivity contribution in [2.75, 3.05) is 7.05 Å². The summed E-state index contributed by atoms with van der Waals surface area (Å²) in [6.07, 6.45) is 9.36. The van der Waals surface area contributed by atoms with Gasteiger partial charge in [-0.1, -0.05) is 74.5 Å². The Bertz CT molecular complexity index is 1170. The molecule has 3 saturated carbocycles. The van der Waals surface area contributed by atoms with E-state index in [1.807, 2.05) is 19.2 Å². The normalized spacial score (nSPS) is 37.1. The van der Waals surface area contributed by atoms with Crippen molar-refractivity contribution >= 4 is 11.8 Å². The summed E-state index contributed by atoms with van der Waals surface area (Å²) in [7, 11) is 2.03. The molecule has 0 spiro atoms. The zero-order valence-electron chi connectivity index (χ0n) is 23.4. The Balaban J connectivity index is 1.21. The quantitative estimate of drug-likeness (QED) is 0.493. The smallest absolute Gasteiger partial charge is 0.224 e. The van der Waals surface area contributed by atoms with E-state index in [4.69, 9.17) is 0 Å². The molecule has 4 aliphatic rings. The highest BCUT2D eigenvalue weighted by atomic mass is 16.2. The van der Waals surface area contributed by atoms with Gasteiger partial charge in [-0.2, -0.15) is 0 Å². The molecular weight excluding hydrogens is 468 g/mol. The zero-order valence-corrected chi connectivity index (χ0v) is 23.4. The largest absolute Gasteiger partial charge is 0.349 e. The van der Waals surface area contributed by atoms with Gasteiger partial charge in [0.15, 0.2) is 0 Å². The summed E-state index contributed by atoms with van der Waals surface area (Å²) in [5, 5.41) is 3.53. The number of fused-ring (bicyclic) bond motifs is 5. The van der Waals surface area contributed by atoms with Gasteiger partial charge in [0.1, 0.15) is 0 Å². The maximum Gasteiger partial charge on any atom is 0.224 e. The summed E-state index contributed by atoms with van der Waals surface area (Å²) >= 11 is 0. The van der Waals surface area contributed by atoms with Gasteiger partial charge in [0.05, 0.1) is 6.04 Å². The molecule has 3 aliphatic carbocycles. The van der Waals surface area contributed by atoms with Crippen molar-refractivity contribution in [3.8, 4) is 0 Å². The summed E-state index contributed by atoms with van der Waals surface area (Å²) in [6, 6.07) is 21.4. The van der Waals surface area contributed by atoms with Crippen LogP contribution in [-0.4, -0.2) is 29.8 Å². The van der Waals surface area contributed by atoms with E-state index in [1.54, 1.807) is 0 Å². The third-order valence-corrected chi connectivity index (χ3v) is 11.7. The topological polar surface area (TPSA) is 49.4 Å². The Morgan fingerprint density at radius 2 is 1.58 bits per heavy atom. The molecule has 6 rings (SSSR count). The lowest BCUT2D eigenvalue weighted by Gasteiger charge is -2.61. The first-order valence-electron chi connectivity index (χ1n) is 15.0. The molecule has 4 heteroatoms. The highest BCUT2D eigenvalue weighted by Gasteiger charge is 2.62. The third-order valence-electron chi connectivity index (χ3n) is 11.7. The van der Waals surface area contributed by atoms with Gasteiger partial charge in [0.25, 0.3) is 0 Å². The second kappa shape index (κ2) is 9.84. The molecule has 1 aliphatic heterocycles. The van der Waals surface area contributed by atoms with Gasteiger partial charge in [-0.25, -0.2) is 0 Å². The predicted octanol–water partition coefficient (Wildman–Crippen LogP) is 6.57. The SMILES string of the molecule is CN1C(=O)CC[C@]2(C)[C@H]3CC[C@]4(C)[C@@H](C(=O)NC(Cc5ccccc5)c5ccccc5)CC[C@H]4[C@@H]3CC[C@@H]12. The molecule has 4 fully saturated rings. The minimum Gasteiger partial charge on any atom is -0.349 e. The Kier molecular flexibility index (Phi) is 6.64. The lowest BCUT2D eigenvalue weighted by atomic mass is 9.47. The summed E-state index contributed by atoms with van der Waals surface area (Å²) < 4.78 is 0. The van der Waals surface area contributed by atoms with Crippen molar-refractivity contribution in [1.29, 1.82) is 0 Å². The van der Waals surface area contributed by atoms with E-state index in [2.05, 4.69) is 72.6 Å². The van der Waals surface area contributed by atoms with Crippen LogP contribution in [0.2, 0.25) is 0 Å². The number of hydrogen-bond donors (Lipinski definition) is 1. The van der Waals surface area contributed by atoms with Gasteiger partial charge < -0.3 is 10.2 Å². The van der Waals surface area contributed by atoms with Crippen LogP contribution in [0.15, 0.2) is 60.7 Å². The Morgan fingerprint density at radius 3 is 2.32 bits per heavy atom. The van der Waals surface area contributed by atoms with Gasteiger partial charge in [0.2, 0.25) is 11.8 Å². The third kappa shape index (κ3) is 4.19. The van der Waals surface area contributed by atoms with E-state index in [1.165, 1.54) is 30.4 Å². The minimum atomic E-state index is -0.0187. The fourth-order valence-corrected chi connectivity index (χ4v) is 9.64. The van der Waals surface area contributed by atoms with Crippen LogP contribution in [-0.2, 0) is 16.0 Å². The van der Waals surface area contributed by atoms with Gasteiger partial charge >= 0.3 is 0 Å². The molecule has 0 aromatic heterocycles. The molecular formula is C34H44N2O2. The summed E-state index contributed by atoms with van der Waals surface area (Å²) in [5.74, 6) is 2.63. The monoisotopic (exact) mass is 512 g/mol. The van der Waals surface area contributed by atoms with E-state index in [9.17, 15) is 9.59 Å². The molecule has 1 unspecified atom stereocenters. The Hall–Kier alpha value is -2.62. The molecule has 8 atom stereocenters. The first kappa shape index (κ1) is 25.6. The van der Waals surface area contributed by atoms with Crippen LogP contribution in [0.5, 0.6) is 0 Å². The molecule has 4 nitrogen and oxygen atoms in total. The van der Waals surface area contributed by atoms with Crippen LogP contribution in [0.1, 0.15) is 82.4 Å². The summed E-state index contributed by atoms with van der Waals surface area (Å²) in [4.78, 5) is 28.6. The highest BCUT2D eigenvalue weighted by molar-refractivity contribution is 5.80. The Labute approximate surface area is 228 Å². The molecule has 2 amide bonds. The standard InChI is InChI=1S/C34H44N2O2/c1-33-20-18-27-25(14-17-30-34(27,2)21-19-31(37)36(30)3)26(33)15-16-28(33)32(38)35-29(24-12-8-5-9-13-24)22-23-10-6-4-7-11-23/h4-13,25-30H,14-22H2,1-3H3,(H,35,38)/t25-,26-,27-,28+,29?,30+,33-,34+/m0/s1. The van der Waals surface area contributed by atoms with Crippen LogP contribution in [0, 0.1) is 34.5 Å². The second-order valence-electron chi connectivity index (χ2n) is 13.3. The van der Waals surface area contributed by atoms with E-state index in [0.29, 0.717) is 36.1 Å². The highest BCUT2D eigenvalue weighted by Crippen LogP contribution is 2.66. The van der Waals surface area contributed by atoms with Crippen LogP contribution < -0.4 is 5.32 Å². The zero-order chi connectivity index (χ0) is 26.5.